The molecule has 0 spiro atoms. The minimum atomic E-state index is 0.197. The third-order valence-electron chi connectivity index (χ3n) is 3.52. The maximum atomic E-state index is 3.66. The molecule has 0 amide bonds. The van der Waals surface area contributed by atoms with Gasteiger partial charge in [0.15, 0.2) is 0 Å². The van der Waals surface area contributed by atoms with Crippen LogP contribution in [0.15, 0.2) is 45.3 Å². The Morgan fingerprint density at radius 1 is 1.00 bits per heavy atom. The maximum absolute atomic E-state index is 3.66. The summed E-state index contributed by atoms with van der Waals surface area (Å²) >= 11 is 7.16. The fourth-order valence-corrected chi connectivity index (χ4v) is 3.58. The minimum absolute atomic E-state index is 0.197. The molecule has 0 heterocycles. The molecule has 1 N–H and O–H groups in total. The van der Waals surface area contributed by atoms with Gasteiger partial charge in [-0.3, -0.25) is 0 Å². The summed E-state index contributed by atoms with van der Waals surface area (Å²) in [7, 11) is 2.00. The maximum Gasteiger partial charge on any atom is 0.0588 e. The largest absolute Gasteiger partial charge is 0.309 e. The molecule has 2 aromatic rings. The topological polar surface area (TPSA) is 12.0 Å². The monoisotopic (exact) mass is 381 g/mol. The van der Waals surface area contributed by atoms with Crippen molar-refractivity contribution in [2.75, 3.05) is 7.05 Å². The van der Waals surface area contributed by atoms with Crippen molar-refractivity contribution in [1.29, 1.82) is 0 Å². The Kier molecular flexibility index (Phi) is 4.82. The lowest BCUT2D eigenvalue weighted by atomic mass is 9.93. The number of halogens is 2. The van der Waals surface area contributed by atoms with E-state index in [-0.39, 0.29) is 6.04 Å². The Balaban J connectivity index is 2.53. The summed E-state index contributed by atoms with van der Waals surface area (Å²) in [6.07, 6.45) is 0. The Bertz CT molecular complexity index is 593. The highest BCUT2D eigenvalue weighted by Crippen LogP contribution is 2.32. The first-order valence-electron chi connectivity index (χ1n) is 6.23. The van der Waals surface area contributed by atoms with Gasteiger partial charge < -0.3 is 5.32 Å². The summed E-state index contributed by atoms with van der Waals surface area (Å²) in [5.41, 5.74) is 5.24. The standard InChI is InChI=1S/C16H17Br2N/c1-10-5-4-6-13(11(10)2)16(19-3)14-8-7-12(17)9-15(14)18/h4-9,16,19H,1-3H3. The van der Waals surface area contributed by atoms with E-state index in [1.54, 1.807) is 0 Å². The van der Waals surface area contributed by atoms with Gasteiger partial charge >= 0.3 is 0 Å². The fraction of sp³-hybridized carbons (Fsp3) is 0.250. The molecule has 100 valence electrons. The summed E-state index contributed by atoms with van der Waals surface area (Å²) < 4.78 is 2.20. The van der Waals surface area contributed by atoms with Crippen molar-refractivity contribution in [2.24, 2.45) is 0 Å². The number of nitrogens with one attached hydrogen (secondary N) is 1. The molecule has 0 saturated carbocycles. The van der Waals surface area contributed by atoms with Gasteiger partial charge in [0.25, 0.3) is 0 Å². The second-order valence-electron chi connectivity index (χ2n) is 4.68. The number of hydrogen-bond acceptors (Lipinski definition) is 1. The van der Waals surface area contributed by atoms with Crippen LogP contribution in [-0.2, 0) is 0 Å². The first-order chi connectivity index (χ1) is 9.04. The van der Waals surface area contributed by atoms with Crippen molar-refractivity contribution in [2.45, 2.75) is 19.9 Å². The minimum Gasteiger partial charge on any atom is -0.309 e. The predicted molar refractivity (Wildman–Crippen MR) is 88.7 cm³/mol. The molecular formula is C16H17Br2N. The van der Waals surface area contributed by atoms with Gasteiger partial charge in [0.1, 0.15) is 0 Å². The van der Waals surface area contributed by atoms with Crippen molar-refractivity contribution in [3.8, 4) is 0 Å². The predicted octanol–water partition coefficient (Wildman–Crippen LogP) is 5.14. The Hall–Kier alpha value is -0.640. The lowest BCUT2D eigenvalue weighted by molar-refractivity contribution is 0.684. The van der Waals surface area contributed by atoms with Crippen LogP contribution in [0, 0.1) is 13.8 Å². The molecule has 2 aromatic carbocycles. The van der Waals surface area contributed by atoms with Crippen molar-refractivity contribution < 1.29 is 0 Å². The van der Waals surface area contributed by atoms with Gasteiger partial charge in [-0.05, 0) is 55.3 Å². The van der Waals surface area contributed by atoms with E-state index in [4.69, 9.17) is 0 Å². The van der Waals surface area contributed by atoms with E-state index in [1.807, 2.05) is 7.05 Å². The smallest absolute Gasteiger partial charge is 0.0588 e. The molecule has 2 rings (SSSR count). The third-order valence-corrected chi connectivity index (χ3v) is 4.70. The Labute approximate surface area is 131 Å². The molecule has 0 aromatic heterocycles. The molecule has 1 unspecified atom stereocenters. The molecule has 1 nitrogen and oxygen atoms in total. The van der Waals surface area contributed by atoms with Crippen LogP contribution in [0.2, 0.25) is 0 Å². The number of aryl methyl sites for hydroxylation is 1. The summed E-state index contributed by atoms with van der Waals surface area (Å²) in [5.74, 6) is 0. The van der Waals surface area contributed by atoms with E-state index in [0.717, 1.165) is 8.95 Å². The summed E-state index contributed by atoms with van der Waals surface area (Å²) in [4.78, 5) is 0. The lowest BCUT2D eigenvalue weighted by Crippen LogP contribution is -2.19. The van der Waals surface area contributed by atoms with E-state index >= 15 is 0 Å². The molecule has 0 radical (unpaired) electrons. The van der Waals surface area contributed by atoms with Crippen LogP contribution in [0.1, 0.15) is 28.3 Å². The third kappa shape index (κ3) is 3.10. The zero-order chi connectivity index (χ0) is 14.0. The van der Waals surface area contributed by atoms with Gasteiger partial charge in [-0.1, -0.05) is 56.1 Å². The molecule has 0 saturated heterocycles. The molecule has 3 heteroatoms. The number of benzene rings is 2. The van der Waals surface area contributed by atoms with E-state index in [2.05, 4.69) is 87.4 Å². The molecule has 1 atom stereocenters. The second-order valence-corrected chi connectivity index (χ2v) is 6.45. The molecule has 0 aliphatic heterocycles. The summed E-state index contributed by atoms with van der Waals surface area (Å²) in [5, 5.41) is 3.42. The van der Waals surface area contributed by atoms with Gasteiger partial charge in [-0.15, -0.1) is 0 Å². The highest BCUT2D eigenvalue weighted by atomic mass is 79.9. The van der Waals surface area contributed by atoms with E-state index in [1.165, 1.54) is 22.3 Å². The molecule has 0 aliphatic carbocycles. The first-order valence-corrected chi connectivity index (χ1v) is 7.81. The van der Waals surface area contributed by atoms with Gasteiger partial charge in [-0.2, -0.15) is 0 Å². The van der Waals surface area contributed by atoms with Gasteiger partial charge in [-0.25, -0.2) is 0 Å². The van der Waals surface area contributed by atoms with Crippen LogP contribution < -0.4 is 5.32 Å². The molecule has 0 bridgehead atoms. The van der Waals surface area contributed by atoms with E-state index in [9.17, 15) is 0 Å². The average molecular weight is 383 g/mol. The van der Waals surface area contributed by atoms with E-state index < -0.39 is 0 Å². The highest BCUT2D eigenvalue weighted by molar-refractivity contribution is 9.11. The van der Waals surface area contributed by atoms with Crippen molar-refractivity contribution in [1.82, 2.24) is 5.32 Å². The molecule has 19 heavy (non-hydrogen) atoms. The highest BCUT2D eigenvalue weighted by Gasteiger charge is 2.17. The Morgan fingerprint density at radius 3 is 2.37 bits per heavy atom. The van der Waals surface area contributed by atoms with Crippen LogP contribution in [0.5, 0.6) is 0 Å². The first kappa shape index (κ1) is 14.8. The van der Waals surface area contributed by atoms with Crippen molar-refractivity contribution in [3.05, 3.63) is 67.6 Å². The normalized spacial score (nSPS) is 12.5. The fourth-order valence-electron chi connectivity index (χ4n) is 2.30. The van der Waals surface area contributed by atoms with Crippen molar-refractivity contribution >= 4 is 31.9 Å². The van der Waals surface area contributed by atoms with Gasteiger partial charge in [0, 0.05) is 8.95 Å². The van der Waals surface area contributed by atoms with Crippen LogP contribution in [-0.4, -0.2) is 7.05 Å². The zero-order valence-corrected chi connectivity index (χ0v) is 14.5. The summed E-state index contributed by atoms with van der Waals surface area (Å²) in [6, 6.07) is 13.0. The van der Waals surface area contributed by atoms with Crippen LogP contribution >= 0.6 is 31.9 Å². The molecule has 0 aliphatic rings. The van der Waals surface area contributed by atoms with Crippen LogP contribution in [0.4, 0.5) is 0 Å². The van der Waals surface area contributed by atoms with Gasteiger partial charge in [0.2, 0.25) is 0 Å². The average Bonchev–Trinajstić information content (AvgIpc) is 2.37. The lowest BCUT2D eigenvalue weighted by Gasteiger charge is -2.22. The SMILES string of the molecule is CNC(c1ccc(Br)cc1Br)c1cccc(C)c1C. The zero-order valence-electron chi connectivity index (χ0n) is 11.3. The van der Waals surface area contributed by atoms with E-state index in [0.29, 0.717) is 0 Å². The quantitative estimate of drug-likeness (QED) is 0.775. The Morgan fingerprint density at radius 2 is 1.74 bits per heavy atom. The number of hydrogen-bond donors (Lipinski definition) is 1. The van der Waals surface area contributed by atoms with Crippen LogP contribution in [0.25, 0.3) is 0 Å². The summed E-state index contributed by atoms with van der Waals surface area (Å²) in [6.45, 7) is 4.34. The van der Waals surface area contributed by atoms with Crippen molar-refractivity contribution in [3.63, 3.8) is 0 Å². The molecule has 0 fully saturated rings. The number of rotatable bonds is 3. The molecular weight excluding hydrogens is 366 g/mol. The van der Waals surface area contributed by atoms with Gasteiger partial charge in [0.05, 0.1) is 6.04 Å². The van der Waals surface area contributed by atoms with Crippen LogP contribution in [0.3, 0.4) is 0 Å². The second kappa shape index (κ2) is 6.21.